The number of rotatable bonds is 2. The Balaban J connectivity index is 2.75. The van der Waals surface area contributed by atoms with E-state index in [-0.39, 0.29) is 5.91 Å². The zero-order valence-electron chi connectivity index (χ0n) is 6.50. The Morgan fingerprint density at radius 3 is 2.50 bits per heavy atom. The highest BCUT2D eigenvalue weighted by atomic mass is 127. The summed E-state index contributed by atoms with van der Waals surface area (Å²) in [6, 6.07) is 7.22. The number of nitrogens with one attached hydrogen (secondary N) is 1. The van der Waals surface area contributed by atoms with Crippen LogP contribution in [0.5, 0.6) is 0 Å². The number of halogens is 1. The first-order valence-corrected chi connectivity index (χ1v) is 4.41. The van der Waals surface area contributed by atoms with Crippen LogP contribution in [0.15, 0.2) is 24.3 Å². The van der Waals surface area contributed by atoms with Gasteiger partial charge in [0.25, 0.3) is 5.91 Å². The van der Waals surface area contributed by atoms with E-state index >= 15 is 0 Å². The van der Waals surface area contributed by atoms with Gasteiger partial charge in [0, 0.05) is 9.13 Å². The number of amides is 1. The van der Waals surface area contributed by atoms with E-state index in [1.807, 2.05) is 12.1 Å². The van der Waals surface area contributed by atoms with Crippen molar-refractivity contribution in [1.82, 2.24) is 5.48 Å². The molecule has 3 nitrogen and oxygen atoms in total. The smallest absolute Gasteiger partial charge is 0.274 e. The molecule has 0 heterocycles. The number of hydroxylamine groups is 1. The van der Waals surface area contributed by atoms with Gasteiger partial charge in [-0.2, -0.15) is 0 Å². The SMILES string of the molecule is CONC(=O)c1ccc(I)cc1. The van der Waals surface area contributed by atoms with E-state index in [1.54, 1.807) is 12.1 Å². The van der Waals surface area contributed by atoms with Crippen LogP contribution in [0.4, 0.5) is 0 Å². The Morgan fingerprint density at radius 1 is 1.42 bits per heavy atom. The van der Waals surface area contributed by atoms with Crippen molar-refractivity contribution in [1.29, 1.82) is 0 Å². The molecule has 1 amide bonds. The van der Waals surface area contributed by atoms with Crippen molar-refractivity contribution in [3.05, 3.63) is 33.4 Å². The van der Waals surface area contributed by atoms with Crippen LogP contribution in [-0.4, -0.2) is 13.0 Å². The molecule has 4 heteroatoms. The minimum atomic E-state index is -0.228. The Kier molecular flexibility index (Phi) is 3.48. The fourth-order valence-corrected chi connectivity index (χ4v) is 1.11. The van der Waals surface area contributed by atoms with Crippen LogP contribution < -0.4 is 5.48 Å². The summed E-state index contributed by atoms with van der Waals surface area (Å²) in [6.07, 6.45) is 0. The molecule has 0 radical (unpaired) electrons. The standard InChI is InChI=1S/C8H8INO2/c1-12-10-8(11)6-2-4-7(9)5-3-6/h2-5H,1H3,(H,10,11). The molecule has 0 unspecified atom stereocenters. The Labute approximate surface area is 84.2 Å². The lowest BCUT2D eigenvalue weighted by Crippen LogP contribution is -2.21. The Hall–Kier alpha value is -0.620. The summed E-state index contributed by atoms with van der Waals surface area (Å²) in [5.74, 6) is -0.228. The summed E-state index contributed by atoms with van der Waals surface area (Å²) in [5, 5.41) is 0. The molecule has 1 aromatic carbocycles. The van der Waals surface area contributed by atoms with Gasteiger partial charge in [-0.05, 0) is 46.9 Å². The monoisotopic (exact) mass is 277 g/mol. The van der Waals surface area contributed by atoms with Crippen LogP contribution in [0.2, 0.25) is 0 Å². The molecule has 12 heavy (non-hydrogen) atoms. The van der Waals surface area contributed by atoms with Gasteiger partial charge in [0.1, 0.15) is 0 Å². The highest BCUT2D eigenvalue weighted by Crippen LogP contribution is 2.06. The largest absolute Gasteiger partial charge is 0.277 e. The molecular formula is C8H8INO2. The first-order chi connectivity index (χ1) is 5.74. The minimum Gasteiger partial charge on any atom is -0.277 e. The zero-order chi connectivity index (χ0) is 8.97. The van der Waals surface area contributed by atoms with E-state index in [0.29, 0.717) is 5.56 Å². The van der Waals surface area contributed by atoms with Crippen molar-refractivity contribution in [3.8, 4) is 0 Å². The first kappa shape index (κ1) is 9.47. The number of hydrogen-bond acceptors (Lipinski definition) is 2. The van der Waals surface area contributed by atoms with Gasteiger partial charge in [-0.15, -0.1) is 0 Å². The van der Waals surface area contributed by atoms with Crippen LogP contribution in [0.3, 0.4) is 0 Å². The van der Waals surface area contributed by atoms with Gasteiger partial charge in [0.2, 0.25) is 0 Å². The molecule has 64 valence electrons. The molecule has 0 aliphatic carbocycles. The third-order valence-corrected chi connectivity index (χ3v) is 2.02. The van der Waals surface area contributed by atoms with Crippen molar-refractivity contribution in [2.45, 2.75) is 0 Å². The van der Waals surface area contributed by atoms with Gasteiger partial charge in [0.05, 0.1) is 7.11 Å². The van der Waals surface area contributed by atoms with Gasteiger partial charge in [0.15, 0.2) is 0 Å². The summed E-state index contributed by atoms with van der Waals surface area (Å²) < 4.78 is 1.10. The summed E-state index contributed by atoms with van der Waals surface area (Å²) in [4.78, 5) is 15.6. The van der Waals surface area contributed by atoms with Gasteiger partial charge < -0.3 is 0 Å². The fraction of sp³-hybridized carbons (Fsp3) is 0.125. The molecule has 0 atom stereocenters. The summed E-state index contributed by atoms with van der Waals surface area (Å²) in [7, 11) is 1.41. The quantitative estimate of drug-likeness (QED) is 0.658. The molecule has 0 saturated carbocycles. The molecule has 0 aliphatic heterocycles. The molecular weight excluding hydrogens is 269 g/mol. The van der Waals surface area contributed by atoms with Crippen molar-refractivity contribution in [2.75, 3.05) is 7.11 Å². The topological polar surface area (TPSA) is 38.3 Å². The maximum atomic E-state index is 11.1. The predicted molar refractivity (Wildman–Crippen MR) is 53.6 cm³/mol. The number of carbonyl (C=O) groups excluding carboxylic acids is 1. The highest BCUT2D eigenvalue weighted by Gasteiger charge is 2.02. The molecule has 0 bridgehead atoms. The zero-order valence-corrected chi connectivity index (χ0v) is 8.66. The predicted octanol–water partition coefficient (Wildman–Crippen LogP) is 1.58. The van der Waals surface area contributed by atoms with Crippen molar-refractivity contribution in [3.63, 3.8) is 0 Å². The molecule has 0 fully saturated rings. The summed E-state index contributed by atoms with van der Waals surface area (Å²) in [5.41, 5.74) is 2.83. The lowest BCUT2D eigenvalue weighted by Gasteiger charge is -2.00. The first-order valence-electron chi connectivity index (χ1n) is 3.33. The number of benzene rings is 1. The molecule has 0 aliphatic rings. The van der Waals surface area contributed by atoms with Crippen molar-refractivity contribution >= 4 is 28.5 Å². The molecule has 1 aromatic rings. The van der Waals surface area contributed by atoms with Crippen LogP contribution >= 0.6 is 22.6 Å². The molecule has 0 aromatic heterocycles. The summed E-state index contributed by atoms with van der Waals surface area (Å²) in [6.45, 7) is 0. The van der Waals surface area contributed by atoms with E-state index in [4.69, 9.17) is 0 Å². The third kappa shape index (κ3) is 2.46. The second-order valence-corrected chi connectivity index (χ2v) is 3.39. The molecule has 0 saturated heterocycles. The number of carbonyl (C=O) groups is 1. The maximum absolute atomic E-state index is 11.1. The van der Waals surface area contributed by atoms with E-state index in [1.165, 1.54) is 7.11 Å². The van der Waals surface area contributed by atoms with Crippen LogP contribution in [0.25, 0.3) is 0 Å². The second-order valence-electron chi connectivity index (χ2n) is 2.14. The average Bonchev–Trinajstić information content (AvgIpc) is 2.06. The normalized spacial score (nSPS) is 9.50. The van der Waals surface area contributed by atoms with E-state index in [9.17, 15) is 4.79 Å². The van der Waals surface area contributed by atoms with E-state index < -0.39 is 0 Å². The molecule has 1 N–H and O–H groups in total. The third-order valence-electron chi connectivity index (χ3n) is 1.30. The summed E-state index contributed by atoms with van der Waals surface area (Å²) >= 11 is 2.18. The Bertz CT molecular complexity index is 271. The Morgan fingerprint density at radius 2 is 2.00 bits per heavy atom. The van der Waals surface area contributed by atoms with E-state index in [2.05, 4.69) is 32.9 Å². The minimum absolute atomic E-state index is 0.228. The van der Waals surface area contributed by atoms with Gasteiger partial charge in [-0.3, -0.25) is 9.63 Å². The van der Waals surface area contributed by atoms with Crippen molar-refractivity contribution in [2.24, 2.45) is 0 Å². The second kappa shape index (κ2) is 4.42. The van der Waals surface area contributed by atoms with Gasteiger partial charge >= 0.3 is 0 Å². The lowest BCUT2D eigenvalue weighted by molar-refractivity contribution is 0.0537. The number of hydrogen-bond donors (Lipinski definition) is 1. The molecule has 0 spiro atoms. The highest BCUT2D eigenvalue weighted by molar-refractivity contribution is 14.1. The van der Waals surface area contributed by atoms with E-state index in [0.717, 1.165) is 3.57 Å². The van der Waals surface area contributed by atoms with Gasteiger partial charge in [-0.1, -0.05) is 0 Å². The van der Waals surface area contributed by atoms with Crippen LogP contribution in [-0.2, 0) is 4.84 Å². The fourth-order valence-electron chi connectivity index (χ4n) is 0.753. The average molecular weight is 277 g/mol. The van der Waals surface area contributed by atoms with Gasteiger partial charge in [-0.25, -0.2) is 5.48 Å². The van der Waals surface area contributed by atoms with Crippen LogP contribution in [0.1, 0.15) is 10.4 Å². The van der Waals surface area contributed by atoms with Crippen LogP contribution in [0, 0.1) is 3.57 Å². The lowest BCUT2D eigenvalue weighted by atomic mass is 10.2. The molecule has 1 rings (SSSR count). The maximum Gasteiger partial charge on any atom is 0.274 e. The van der Waals surface area contributed by atoms with Crippen molar-refractivity contribution < 1.29 is 9.63 Å².